The van der Waals surface area contributed by atoms with Crippen molar-refractivity contribution >= 4 is 40.4 Å². The molecule has 66 heavy (non-hydrogen) atoms. The van der Waals surface area contributed by atoms with Crippen molar-refractivity contribution in [3.8, 4) is 5.75 Å². The molecule has 2 aliphatic heterocycles. The Balaban J connectivity index is 1.19. The monoisotopic (exact) mass is 916 g/mol. The Morgan fingerprint density at radius 1 is 0.985 bits per heavy atom. The number of carbonyl (C=O) groups is 4. The van der Waals surface area contributed by atoms with Crippen LogP contribution >= 0.6 is 0 Å². The minimum atomic E-state index is -1.01. The number of benzene rings is 1. The molecule has 3 heterocycles. The molecule has 1 aromatic carbocycles. The number of methoxy groups -OCH3 is 2. The number of ketones is 2. The number of ether oxygens (including phenoxy) is 5. The number of nitrogens with one attached hydrogen (secondary N) is 2. The lowest BCUT2D eigenvalue weighted by molar-refractivity contribution is -0.120. The van der Waals surface area contributed by atoms with Crippen LogP contribution in [-0.4, -0.2) is 107 Å². The van der Waals surface area contributed by atoms with E-state index < -0.39 is 53.9 Å². The lowest BCUT2D eigenvalue weighted by Gasteiger charge is -2.30. The lowest BCUT2D eigenvalue weighted by atomic mass is 9.85. The van der Waals surface area contributed by atoms with E-state index >= 15 is 0 Å². The standard InChI is InChI=1S/C50H68N4O12/c1-30-25-36-44(52-19-12-10-8-9-11-13-22-64-40-18-17-35-38(55)29-43(65-48(35)34(40)5)54-20-23-63-24-21-54)39(56)28-37(46(36)58)53-49(59)31(2)15-14-16-41(61-6)47(66-50(51)60)33(4)27-32(3)45(57)42(26-30)62-7/h14-18,27-30,32,41-42,45,47,52,57H,8-13,19-26H2,1-7H3,(H2,51,60)(H,53,59)/b16-14-,31-15+,33-27+/t30-,32+,41?,42+,45-,47+/m1/s1. The number of rotatable bonds is 15. The molecule has 2 amide bonds. The number of fused-ring (bicyclic) bond motifs is 3. The fourth-order valence-electron chi connectivity index (χ4n) is 8.53. The summed E-state index contributed by atoms with van der Waals surface area (Å²) in [6.45, 7) is 12.4. The van der Waals surface area contributed by atoms with Crippen molar-refractivity contribution < 1.29 is 52.4 Å². The number of Topliss-reactive ketones (excluding diaryl/α,β-unsaturated/α-hetero) is 1. The van der Waals surface area contributed by atoms with Crippen molar-refractivity contribution in [3.63, 3.8) is 0 Å². The maximum absolute atomic E-state index is 14.1. The smallest absolute Gasteiger partial charge is 0.405 e. The summed E-state index contributed by atoms with van der Waals surface area (Å²) in [5.74, 6) is -0.924. The average molecular weight is 917 g/mol. The van der Waals surface area contributed by atoms with Crippen LogP contribution in [0.3, 0.4) is 0 Å². The van der Waals surface area contributed by atoms with Crippen molar-refractivity contribution in [3.05, 3.63) is 92.5 Å². The van der Waals surface area contributed by atoms with E-state index in [0.29, 0.717) is 74.1 Å². The van der Waals surface area contributed by atoms with E-state index in [1.165, 1.54) is 20.3 Å². The van der Waals surface area contributed by atoms with Gasteiger partial charge in [-0.1, -0.05) is 63.8 Å². The van der Waals surface area contributed by atoms with E-state index in [1.54, 1.807) is 44.2 Å². The van der Waals surface area contributed by atoms with Gasteiger partial charge in [0.25, 0.3) is 5.91 Å². The Bertz CT molecular complexity index is 2270. The van der Waals surface area contributed by atoms with E-state index in [-0.39, 0.29) is 40.3 Å². The van der Waals surface area contributed by atoms with Gasteiger partial charge in [0, 0.05) is 68.6 Å². The average Bonchev–Trinajstić information content (AvgIpc) is 3.29. The molecule has 16 heteroatoms. The summed E-state index contributed by atoms with van der Waals surface area (Å²) in [7, 11) is 2.94. The maximum atomic E-state index is 14.1. The molecule has 2 aromatic rings. The van der Waals surface area contributed by atoms with Gasteiger partial charge in [-0.25, -0.2) is 4.79 Å². The minimum Gasteiger partial charge on any atom is -0.493 e. The molecule has 5 rings (SSSR count). The number of nitrogens with two attached hydrogens (primary N) is 1. The Morgan fingerprint density at radius 2 is 1.70 bits per heavy atom. The van der Waals surface area contributed by atoms with Crippen LogP contribution in [0, 0.1) is 18.8 Å². The highest BCUT2D eigenvalue weighted by Gasteiger charge is 2.33. The summed E-state index contributed by atoms with van der Waals surface area (Å²) >= 11 is 0. The number of aliphatic hydroxyl groups is 1. The molecule has 1 aliphatic carbocycles. The van der Waals surface area contributed by atoms with Crippen molar-refractivity contribution in [2.75, 3.05) is 58.6 Å². The highest BCUT2D eigenvalue weighted by atomic mass is 16.6. The number of primary amides is 1. The molecule has 0 radical (unpaired) electrons. The summed E-state index contributed by atoms with van der Waals surface area (Å²) in [6.07, 6.45) is 9.19. The second-order valence-electron chi connectivity index (χ2n) is 17.4. The number of allylic oxidation sites excluding steroid dienone is 4. The number of nitrogens with zero attached hydrogens (tertiary/aromatic N) is 1. The Labute approximate surface area is 387 Å². The Hall–Kier alpha value is -5.55. The van der Waals surface area contributed by atoms with Gasteiger partial charge >= 0.3 is 6.09 Å². The van der Waals surface area contributed by atoms with Gasteiger partial charge in [0.1, 0.15) is 17.4 Å². The summed E-state index contributed by atoms with van der Waals surface area (Å²) < 4.78 is 34.6. The van der Waals surface area contributed by atoms with Crippen molar-refractivity contribution in [2.45, 2.75) is 110 Å². The highest BCUT2D eigenvalue weighted by molar-refractivity contribution is 6.23. The predicted molar refractivity (Wildman–Crippen MR) is 251 cm³/mol. The van der Waals surface area contributed by atoms with E-state index in [9.17, 15) is 29.1 Å². The first-order valence-corrected chi connectivity index (χ1v) is 23.0. The number of amides is 2. The summed E-state index contributed by atoms with van der Waals surface area (Å²) in [6, 6.07) is 5.13. The number of morpholine rings is 1. The second kappa shape index (κ2) is 24.8. The van der Waals surface area contributed by atoms with Crippen molar-refractivity contribution in [1.82, 2.24) is 10.6 Å². The van der Waals surface area contributed by atoms with Crippen LogP contribution in [0.2, 0.25) is 0 Å². The topological polar surface area (TPSA) is 218 Å². The quantitative estimate of drug-likeness (QED) is 0.0913. The van der Waals surface area contributed by atoms with Gasteiger partial charge in [0.2, 0.25) is 11.6 Å². The molecule has 16 nitrogen and oxygen atoms in total. The first-order chi connectivity index (χ1) is 31.6. The van der Waals surface area contributed by atoms with Gasteiger partial charge in [-0.15, -0.1) is 0 Å². The summed E-state index contributed by atoms with van der Waals surface area (Å²) in [5.41, 5.74) is 7.82. The van der Waals surface area contributed by atoms with Crippen LogP contribution in [0.5, 0.6) is 5.75 Å². The molecule has 2 bridgehead atoms. The molecule has 1 saturated heterocycles. The first kappa shape index (κ1) is 51.4. The van der Waals surface area contributed by atoms with E-state index in [2.05, 4.69) is 10.6 Å². The molecule has 1 unspecified atom stereocenters. The summed E-state index contributed by atoms with van der Waals surface area (Å²) in [4.78, 5) is 67.9. The summed E-state index contributed by atoms with van der Waals surface area (Å²) in [5, 5.41) is 17.9. The van der Waals surface area contributed by atoms with Gasteiger partial charge in [0.05, 0.1) is 48.8 Å². The zero-order chi connectivity index (χ0) is 47.9. The molecule has 3 aliphatic rings. The van der Waals surface area contributed by atoms with Crippen LogP contribution in [0.1, 0.15) is 84.6 Å². The molecule has 1 fully saturated rings. The molecule has 6 atom stereocenters. The number of aryl methyl sites for hydroxylation is 1. The fourth-order valence-corrected chi connectivity index (χ4v) is 8.53. The zero-order valence-electron chi connectivity index (χ0n) is 39.4. The van der Waals surface area contributed by atoms with Crippen molar-refractivity contribution in [1.29, 1.82) is 0 Å². The van der Waals surface area contributed by atoms with Gasteiger partial charge < -0.3 is 54.5 Å². The van der Waals surface area contributed by atoms with Gasteiger partial charge in [0.15, 0.2) is 17.4 Å². The Morgan fingerprint density at radius 3 is 2.39 bits per heavy atom. The van der Waals surface area contributed by atoms with Gasteiger partial charge in [-0.05, 0) is 70.1 Å². The normalized spacial score (nSPS) is 25.9. The molecule has 5 N–H and O–H groups in total. The fraction of sp³-hybridized carbons (Fsp3) is 0.540. The number of hydrogen-bond acceptors (Lipinski definition) is 14. The lowest BCUT2D eigenvalue weighted by Crippen LogP contribution is -2.38. The molecular weight excluding hydrogens is 849 g/mol. The highest BCUT2D eigenvalue weighted by Crippen LogP contribution is 2.31. The van der Waals surface area contributed by atoms with E-state index in [0.717, 1.165) is 50.2 Å². The number of carbonyl (C=O) groups excluding carboxylic acids is 4. The van der Waals surface area contributed by atoms with E-state index in [4.69, 9.17) is 33.8 Å². The van der Waals surface area contributed by atoms with E-state index in [1.807, 2.05) is 31.7 Å². The van der Waals surface area contributed by atoms with Crippen molar-refractivity contribution in [2.24, 2.45) is 17.6 Å². The third-order valence-electron chi connectivity index (χ3n) is 12.3. The predicted octanol–water partition coefficient (Wildman–Crippen LogP) is 6.02. The largest absolute Gasteiger partial charge is 0.493 e. The van der Waals surface area contributed by atoms with Crippen LogP contribution in [0.4, 0.5) is 10.7 Å². The molecule has 360 valence electrons. The molecular formula is C50H68N4O12. The third kappa shape index (κ3) is 13.7. The number of anilines is 1. The molecule has 0 saturated carbocycles. The first-order valence-electron chi connectivity index (χ1n) is 23.0. The second-order valence-corrected chi connectivity index (χ2v) is 17.4. The SMILES string of the molecule is COC1/C=C\C=C(/C)C(=O)NC2=CC(=O)C(NCCCCCCCCOc3ccc4c(=O)cc(N5CCOCC5)oc4c3C)=C(C[C@@H](C)C[C@H](OC)[C@H](O)[C@@H](C)/C=C(\C)[C@@H]1OC(N)=O)C2=O. The van der Waals surface area contributed by atoms with Crippen LogP contribution in [-0.2, 0) is 33.3 Å². The number of unbranched alkanes of at least 4 members (excludes halogenated alkanes) is 5. The zero-order valence-corrected chi connectivity index (χ0v) is 39.4. The molecule has 0 spiro atoms. The number of hydrogen-bond donors (Lipinski definition) is 4. The van der Waals surface area contributed by atoms with Gasteiger partial charge in [-0.2, -0.15) is 0 Å². The maximum Gasteiger partial charge on any atom is 0.405 e. The Kier molecular flexibility index (Phi) is 19.3. The van der Waals surface area contributed by atoms with Crippen LogP contribution < -0.4 is 31.4 Å². The van der Waals surface area contributed by atoms with Gasteiger partial charge in [-0.3, -0.25) is 19.2 Å². The third-order valence-corrected chi connectivity index (χ3v) is 12.3. The van der Waals surface area contributed by atoms with Crippen LogP contribution in [0.15, 0.2) is 85.9 Å². The van der Waals surface area contributed by atoms with Crippen LogP contribution in [0.25, 0.3) is 11.0 Å². The molecule has 1 aromatic heterocycles. The number of aliphatic hydroxyl groups excluding tert-OH is 1. The minimum absolute atomic E-state index is 0.0845.